The Hall–Kier alpha value is -1.03. The smallest absolute Gasteiger partial charge is 0.173 e. The van der Waals surface area contributed by atoms with Gasteiger partial charge in [-0.1, -0.05) is 6.07 Å². The van der Waals surface area contributed by atoms with Gasteiger partial charge in [-0.25, -0.2) is 8.78 Å². The summed E-state index contributed by atoms with van der Waals surface area (Å²) < 4.78 is 28.2. The predicted octanol–water partition coefficient (Wildman–Crippen LogP) is 5.70. The first kappa shape index (κ1) is 15.4. The lowest BCUT2D eigenvalue weighted by atomic mass is 10.0. The predicted molar refractivity (Wildman–Crippen MR) is 83.4 cm³/mol. The SMILES string of the molecule is N#CC(=Cc1ccc(Br)s1)Cc1ccc(Br)c(F)c1F. The Kier molecular flexibility index (Phi) is 5.08. The van der Waals surface area contributed by atoms with E-state index in [9.17, 15) is 8.78 Å². The summed E-state index contributed by atoms with van der Waals surface area (Å²) in [4.78, 5) is 0.881. The molecule has 0 atom stereocenters. The third-order valence-electron chi connectivity index (χ3n) is 2.55. The van der Waals surface area contributed by atoms with Crippen LogP contribution in [0.25, 0.3) is 6.08 Å². The molecule has 0 aliphatic heterocycles. The van der Waals surface area contributed by atoms with E-state index in [0.29, 0.717) is 5.57 Å². The summed E-state index contributed by atoms with van der Waals surface area (Å²) in [6.45, 7) is 0. The second-order valence-corrected chi connectivity index (χ2v) is 7.28. The Morgan fingerprint density at radius 1 is 1.20 bits per heavy atom. The summed E-state index contributed by atoms with van der Waals surface area (Å²) in [5.41, 5.74) is 0.536. The summed E-state index contributed by atoms with van der Waals surface area (Å²) in [5.74, 6) is -1.86. The van der Waals surface area contributed by atoms with E-state index >= 15 is 0 Å². The van der Waals surface area contributed by atoms with Crippen molar-refractivity contribution in [3.8, 4) is 6.07 Å². The van der Waals surface area contributed by atoms with Crippen molar-refractivity contribution in [2.45, 2.75) is 6.42 Å². The van der Waals surface area contributed by atoms with Crippen molar-refractivity contribution in [1.82, 2.24) is 0 Å². The third kappa shape index (κ3) is 3.54. The second-order valence-electron chi connectivity index (χ2n) is 3.93. The Morgan fingerprint density at radius 2 is 1.95 bits per heavy atom. The topological polar surface area (TPSA) is 23.8 Å². The number of rotatable bonds is 3. The molecule has 0 amide bonds. The maximum atomic E-state index is 13.8. The van der Waals surface area contributed by atoms with Crippen molar-refractivity contribution in [1.29, 1.82) is 5.26 Å². The summed E-state index contributed by atoms with van der Waals surface area (Å²) in [5, 5.41) is 9.12. The van der Waals surface area contributed by atoms with Gasteiger partial charge in [0.15, 0.2) is 11.6 Å². The molecule has 20 heavy (non-hydrogen) atoms. The lowest BCUT2D eigenvalue weighted by Crippen LogP contribution is -1.97. The molecule has 1 aromatic heterocycles. The number of nitrogens with zero attached hydrogens (tertiary/aromatic N) is 1. The minimum absolute atomic E-state index is 0.0576. The minimum Gasteiger partial charge on any atom is -0.203 e. The van der Waals surface area contributed by atoms with Crippen LogP contribution in [0.1, 0.15) is 10.4 Å². The van der Waals surface area contributed by atoms with Crippen LogP contribution < -0.4 is 0 Å². The Morgan fingerprint density at radius 3 is 2.55 bits per heavy atom. The van der Waals surface area contributed by atoms with Crippen LogP contribution in [-0.2, 0) is 6.42 Å². The van der Waals surface area contributed by atoms with Crippen LogP contribution >= 0.6 is 43.2 Å². The molecular weight excluding hydrogens is 412 g/mol. The standard InChI is InChI=1S/C14H7Br2F2NS/c15-11-3-1-9(13(17)14(11)18)5-8(7-19)6-10-2-4-12(16)20-10/h1-4,6H,5H2. The second kappa shape index (κ2) is 6.61. The average Bonchev–Trinajstić information content (AvgIpc) is 2.83. The first-order chi connectivity index (χ1) is 9.51. The molecule has 1 heterocycles. The van der Waals surface area contributed by atoms with Gasteiger partial charge in [-0.2, -0.15) is 5.26 Å². The molecule has 1 nitrogen and oxygen atoms in total. The van der Waals surface area contributed by atoms with Crippen molar-refractivity contribution in [3.63, 3.8) is 0 Å². The van der Waals surface area contributed by atoms with E-state index in [0.717, 1.165) is 8.66 Å². The van der Waals surface area contributed by atoms with Gasteiger partial charge in [-0.15, -0.1) is 11.3 Å². The number of allylic oxidation sites excluding steroid dienone is 1. The fourth-order valence-electron chi connectivity index (χ4n) is 1.61. The van der Waals surface area contributed by atoms with Gasteiger partial charge in [0.2, 0.25) is 0 Å². The first-order valence-corrected chi connectivity index (χ1v) is 7.90. The van der Waals surface area contributed by atoms with Gasteiger partial charge in [-0.05, 0) is 61.7 Å². The average molecular weight is 419 g/mol. The van der Waals surface area contributed by atoms with Gasteiger partial charge >= 0.3 is 0 Å². The summed E-state index contributed by atoms with van der Waals surface area (Å²) in [7, 11) is 0. The molecule has 0 aliphatic carbocycles. The maximum absolute atomic E-state index is 13.8. The molecule has 102 valence electrons. The van der Waals surface area contributed by atoms with E-state index in [1.165, 1.54) is 23.5 Å². The highest BCUT2D eigenvalue weighted by molar-refractivity contribution is 9.11. The first-order valence-electron chi connectivity index (χ1n) is 5.49. The zero-order valence-electron chi connectivity index (χ0n) is 9.96. The van der Waals surface area contributed by atoms with Crippen LogP contribution in [0.15, 0.2) is 38.1 Å². The molecule has 0 saturated carbocycles. The summed E-state index contributed by atoms with van der Waals surface area (Å²) >= 11 is 7.72. The van der Waals surface area contributed by atoms with Crippen LogP contribution in [0, 0.1) is 23.0 Å². The molecule has 0 bridgehead atoms. The molecule has 0 radical (unpaired) electrons. The highest BCUT2D eigenvalue weighted by atomic mass is 79.9. The number of benzene rings is 1. The molecule has 6 heteroatoms. The van der Waals surface area contributed by atoms with Gasteiger partial charge in [0.1, 0.15) is 0 Å². The van der Waals surface area contributed by atoms with E-state index in [1.54, 1.807) is 6.08 Å². The largest absolute Gasteiger partial charge is 0.203 e. The molecule has 0 unspecified atom stereocenters. The third-order valence-corrected chi connectivity index (χ3v) is 4.73. The van der Waals surface area contributed by atoms with E-state index in [1.807, 2.05) is 18.2 Å². The molecule has 0 spiro atoms. The number of thiophene rings is 1. The van der Waals surface area contributed by atoms with Gasteiger partial charge in [0, 0.05) is 16.9 Å². The number of halogens is 4. The van der Waals surface area contributed by atoms with Crippen molar-refractivity contribution >= 4 is 49.3 Å². The van der Waals surface area contributed by atoms with Crippen molar-refractivity contribution in [2.75, 3.05) is 0 Å². The van der Waals surface area contributed by atoms with Gasteiger partial charge in [0.05, 0.1) is 14.3 Å². The Bertz CT molecular complexity index is 716. The Labute approximate surface area is 135 Å². The van der Waals surface area contributed by atoms with E-state index in [2.05, 4.69) is 31.9 Å². The molecule has 2 rings (SSSR count). The van der Waals surface area contributed by atoms with E-state index in [4.69, 9.17) is 5.26 Å². The quantitative estimate of drug-likeness (QED) is 0.463. The molecule has 0 fully saturated rings. The highest BCUT2D eigenvalue weighted by Gasteiger charge is 2.13. The number of hydrogen-bond donors (Lipinski definition) is 0. The molecule has 0 N–H and O–H groups in total. The molecule has 1 aromatic carbocycles. The lowest BCUT2D eigenvalue weighted by Gasteiger charge is -2.04. The van der Waals surface area contributed by atoms with E-state index < -0.39 is 11.6 Å². The Balaban J connectivity index is 2.30. The van der Waals surface area contributed by atoms with Crippen LogP contribution in [-0.4, -0.2) is 0 Å². The van der Waals surface area contributed by atoms with Crippen LogP contribution in [0.3, 0.4) is 0 Å². The van der Waals surface area contributed by atoms with Crippen LogP contribution in [0.2, 0.25) is 0 Å². The van der Waals surface area contributed by atoms with Crippen LogP contribution in [0.4, 0.5) is 8.78 Å². The van der Waals surface area contributed by atoms with Gasteiger partial charge in [0.25, 0.3) is 0 Å². The monoisotopic (exact) mass is 417 g/mol. The number of hydrogen-bond acceptors (Lipinski definition) is 2. The fourth-order valence-corrected chi connectivity index (χ4v) is 3.31. The fraction of sp³-hybridized carbons (Fsp3) is 0.0714. The zero-order chi connectivity index (χ0) is 14.7. The van der Waals surface area contributed by atoms with Crippen molar-refractivity contribution in [3.05, 3.63) is 60.2 Å². The van der Waals surface area contributed by atoms with Gasteiger partial charge < -0.3 is 0 Å². The summed E-state index contributed by atoms with van der Waals surface area (Å²) in [6, 6.07) is 8.64. The maximum Gasteiger partial charge on any atom is 0.173 e. The normalized spacial score (nSPS) is 11.4. The van der Waals surface area contributed by atoms with Gasteiger partial charge in [-0.3, -0.25) is 0 Å². The van der Waals surface area contributed by atoms with Crippen molar-refractivity contribution < 1.29 is 8.78 Å². The van der Waals surface area contributed by atoms with E-state index in [-0.39, 0.29) is 16.5 Å². The molecular formula is C14H7Br2F2NS. The molecule has 0 saturated heterocycles. The minimum atomic E-state index is -0.932. The highest BCUT2D eigenvalue weighted by Crippen LogP contribution is 2.26. The van der Waals surface area contributed by atoms with Crippen LogP contribution in [0.5, 0.6) is 0 Å². The number of nitriles is 1. The van der Waals surface area contributed by atoms with Crippen molar-refractivity contribution in [2.24, 2.45) is 0 Å². The molecule has 0 aliphatic rings. The summed E-state index contributed by atoms with van der Waals surface area (Å²) in [6.07, 6.45) is 1.73. The molecule has 2 aromatic rings. The lowest BCUT2D eigenvalue weighted by molar-refractivity contribution is 0.496. The zero-order valence-corrected chi connectivity index (χ0v) is 13.9.